The van der Waals surface area contributed by atoms with E-state index in [1.54, 1.807) is 69.5 Å². The Kier molecular flexibility index (Phi) is 17.8. The number of carbonyl (C=O) groups is 3. The minimum absolute atomic E-state index is 0.0588. The van der Waals surface area contributed by atoms with Crippen molar-refractivity contribution in [1.82, 2.24) is 24.2 Å². The Morgan fingerprint density at radius 1 is 1.02 bits per heavy atom. The first-order valence-corrected chi connectivity index (χ1v) is 22.0. The van der Waals surface area contributed by atoms with Crippen molar-refractivity contribution in [2.75, 3.05) is 32.6 Å². The number of benzene rings is 1. The quantitative estimate of drug-likeness (QED) is 0.0487. The number of hydrogen-bond acceptors (Lipinski definition) is 17. The number of imidazole rings is 1. The molecule has 3 aromatic rings. The molecule has 3 unspecified atom stereocenters. The second kappa shape index (κ2) is 22.1. The van der Waals surface area contributed by atoms with Crippen LogP contribution in [0.3, 0.4) is 0 Å². The Morgan fingerprint density at radius 2 is 1.68 bits per heavy atom. The third-order valence-corrected chi connectivity index (χ3v) is 12.3. The first kappa shape index (κ1) is 48.5. The average molecular weight is 876 g/mol. The lowest BCUT2D eigenvalue weighted by Crippen LogP contribution is -2.39. The van der Waals surface area contributed by atoms with Gasteiger partial charge in [0.15, 0.2) is 23.2 Å². The van der Waals surface area contributed by atoms with Crippen LogP contribution in [0, 0.1) is 22.7 Å². The number of carbonyl (C=O) groups excluding carboxylic acids is 3. The van der Waals surface area contributed by atoms with Gasteiger partial charge in [0.25, 0.3) is 14.4 Å². The first-order valence-electron chi connectivity index (χ1n) is 19.3. The van der Waals surface area contributed by atoms with Gasteiger partial charge in [-0.1, -0.05) is 32.0 Å². The van der Waals surface area contributed by atoms with E-state index in [2.05, 4.69) is 26.3 Å². The molecule has 0 bridgehead atoms. The van der Waals surface area contributed by atoms with E-state index >= 15 is 0 Å². The van der Waals surface area contributed by atoms with E-state index in [4.69, 9.17) is 37.0 Å². The number of methoxy groups -OCH3 is 1. The van der Waals surface area contributed by atoms with E-state index in [9.17, 15) is 24.2 Å². The second-order valence-corrected chi connectivity index (χ2v) is 18.7. The summed E-state index contributed by atoms with van der Waals surface area (Å²) in [5.74, 6) is -0.862. The number of anilines is 1. The maximum absolute atomic E-state index is 14.2. The highest BCUT2D eigenvalue weighted by Gasteiger charge is 2.49. The lowest BCUT2D eigenvalue weighted by molar-refractivity contribution is -0.160. The highest BCUT2D eigenvalue weighted by atomic mass is 31.2. The smallest absolute Gasteiger partial charge is 0.359 e. The number of hydrogen-bond donors (Lipinski definition) is 1. The van der Waals surface area contributed by atoms with Crippen LogP contribution in [-0.4, -0.2) is 99.7 Å². The Hall–Kier alpha value is -4.21. The van der Waals surface area contributed by atoms with Crippen molar-refractivity contribution in [1.29, 1.82) is 5.26 Å². The van der Waals surface area contributed by atoms with Gasteiger partial charge < -0.3 is 33.3 Å². The summed E-state index contributed by atoms with van der Waals surface area (Å²) in [7, 11) is -4.77. The molecule has 1 aromatic carbocycles. The predicted molar refractivity (Wildman–Crippen MR) is 220 cm³/mol. The first-order chi connectivity index (χ1) is 28.4. The van der Waals surface area contributed by atoms with Gasteiger partial charge in [0.2, 0.25) is 13.6 Å². The molecule has 0 aliphatic carbocycles. The Labute approximate surface area is 351 Å². The van der Waals surface area contributed by atoms with Crippen molar-refractivity contribution in [3.63, 3.8) is 0 Å². The van der Waals surface area contributed by atoms with E-state index in [1.807, 2.05) is 32.4 Å². The normalized spacial score (nSPS) is 19.9. The Balaban J connectivity index is 1.76. The molecule has 1 amide bonds. The molecule has 6 atom stereocenters. The molecule has 1 aliphatic rings. The molecule has 19 nitrogen and oxygen atoms in total. The molecule has 1 aliphatic heterocycles. The highest BCUT2D eigenvalue weighted by Crippen LogP contribution is 2.53. The molecule has 21 heteroatoms. The summed E-state index contributed by atoms with van der Waals surface area (Å²) >= 11 is 0. The van der Waals surface area contributed by atoms with E-state index in [-0.39, 0.29) is 42.1 Å². The SMILES string of the molecule is CO[C@H]1C(n2cnc3c(NC(=O)c4ccccc4)ncnc32)O[C@H](/C=C/P(=O)(OCOC(=O)C(C)C)OCOC(=O)C(C)(C)C)[C@H]1OP(OCCC#N)N(C(C)C)C(C)C. The molecule has 0 saturated carbocycles. The van der Waals surface area contributed by atoms with Crippen LogP contribution in [0.2, 0.25) is 0 Å². The molecule has 0 radical (unpaired) electrons. The minimum Gasteiger partial charge on any atom is -0.438 e. The molecule has 1 saturated heterocycles. The molecule has 328 valence electrons. The van der Waals surface area contributed by atoms with Crippen LogP contribution in [0.5, 0.6) is 0 Å². The van der Waals surface area contributed by atoms with Crippen LogP contribution >= 0.6 is 16.1 Å². The van der Waals surface area contributed by atoms with Crippen LogP contribution < -0.4 is 5.32 Å². The van der Waals surface area contributed by atoms with Gasteiger partial charge in [-0.15, -0.1) is 0 Å². The number of fused-ring (bicyclic) bond motifs is 1. The molecular weight excluding hydrogens is 820 g/mol. The lowest BCUT2D eigenvalue weighted by atomic mass is 9.98. The largest absolute Gasteiger partial charge is 0.438 e. The van der Waals surface area contributed by atoms with E-state index in [0.29, 0.717) is 5.56 Å². The summed E-state index contributed by atoms with van der Waals surface area (Å²) in [4.78, 5) is 51.0. The van der Waals surface area contributed by atoms with E-state index in [1.165, 1.54) is 25.8 Å². The van der Waals surface area contributed by atoms with Gasteiger partial charge in [-0.05, 0) is 66.7 Å². The van der Waals surface area contributed by atoms with Crippen molar-refractivity contribution in [2.24, 2.45) is 11.3 Å². The van der Waals surface area contributed by atoms with Gasteiger partial charge in [-0.25, -0.2) is 19.6 Å². The third-order valence-electron chi connectivity index (χ3n) is 8.67. The summed E-state index contributed by atoms with van der Waals surface area (Å²) in [6, 6.07) is 10.6. The molecule has 0 spiro atoms. The maximum Gasteiger partial charge on any atom is 0.359 e. The van der Waals surface area contributed by atoms with Crippen LogP contribution in [0.4, 0.5) is 5.82 Å². The Morgan fingerprint density at radius 3 is 2.28 bits per heavy atom. The number of nitrogens with one attached hydrogen (secondary N) is 1. The van der Waals surface area contributed by atoms with Crippen LogP contribution in [0.1, 0.15) is 85.3 Å². The van der Waals surface area contributed by atoms with Gasteiger partial charge in [0, 0.05) is 30.6 Å². The average Bonchev–Trinajstić information content (AvgIpc) is 3.78. The Bertz CT molecular complexity index is 2010. The molecule has 1 N–H and O–H groups in total. The fourth-order valence-electron chi connectivity index (χ4n) is 5.72. The lowest BCUT2D eigenvalue weighted by Gasteiger charge is -2.38. The summed E-state index contributed by atoms with van der Waals surface area (Å²) in [6.45, 7) is 14.7. The van der Waals surface area contributed by atoms with Crippen molar-refractivity contribution in [3.05, 3.63) is 60.4 Å². The maximum atomic E-state index is 14.2. The zero-order valence-corrected chi connectivity index (χ0v) is 37.3. The van der Waals surface area contributed by atoms with Gasteiger partial charge in [0.1, 0.15) is 24.6 Å². The number of ether oxygens (including phenoxy) is 4. The van der Waals surface area contributed by atoms with E-state index in [0.717, 1.165) is 5.82 Å². The molecule has 3 heterocycles. The number of amides is 1. The van der Waals surface area contributed by atoms with Crippen molar-refractivity contribution in [2.45, 2.75) is 105 Å². The highest BCUT2D eigenvalue weighted by molar-refractivity contribution is 7.57. The van der Waals surface area contributed by atoms with Crippen molar-refractivity contribution in [3.8, 4) is 6.07 Å². The molecular formula is C39H55N7O12P2. The topological polar surface area (TPSA) is 225 Å². The summed E-state index contributed by atoms with van der Waals surface area (Å²) in [5, 5.41) is 12.1. The third kappa shape index (κ3) is 12.9. The van der Waals surface area contributed by atoms with Gasteiger partial charge in [-0.3, -0.25) is 32.6 Å². The molecule has 1 fully saturated rings. The minimum atomic E-state index is -4.36. The van der Waals surface area contributed by atoms with Crippen molar-refractivity contribution < 1.29 is 56.0 Å². The fraction of sp³-hybridized carbons (Fsp3) is 0.564. The zero-order chi connectivity index (χ0) is 44.2. The van der Waals surface area contributed by atoms with Crippen molar-refractivity contribution >= 4 is 50.9 Å². The zero-order valence-electron chi connectivity index (χ0n) is 35.5. The molecule has 2 aromatic heterocycles. The number of esters is 2. The van der Waals surface area contributed by atoms with Crippen LogP contribution in [0.15, 0.2) is 54.9 Å². The summed E-state index contributed by atoms with van der Waals surface area (Å²) in [5.41, 5.74) is 0.0785. The number of nitriles is 1. The number of nitrogens with zero attached hydrogens (tertiary/aromatic N) is 6. The standard InChI is InChI=1S/C39H55N7O12P2/c1-25(2)37(48)52-23-55-60(50,56-24-53-38(49)39(7,8)9)20-17-29-31(58-59(54-19-14-18-40)46(26(3)4)27(5)6)32(51-10)36(57-29)45-22-43-30-33(41-21-42-34(30)45)44-35(47)28-15-12-11-13-16-28/h11-13,15-17,20-22,25-27,29,31-32,36H,14,19,23-24H2,1-10H3,(H,41,42,44,47)/b20-17+/t29-,31-,32-,36?,59?,60?/m1/s1. The molecule has 4 rings (SSSR count). The molecule has 60 heavy (non-hydrogen) atoms. The number of aromatic nitrogens is 4. The fourth-order valence-corrected chi connectivity index (χ4v) is 8.50. The van der Waals surface area contributed by atoms with Gasteiger partial charge >= 0.3 is 19.5 Å². The predicted octanol–water partition coefficient (Wildman–Crippen LogP) is 7.10. The van der Waals surface area contributed by atoms with Crippen LogP contribution in [0.25, 0.3) is 11.2 Å². The summed E-state index contributed by atoms with van der Waals surface area (Å²) in [6.07, 6.45) is 0.253. The number of rotatable bonds is 21. The van der Waals surface area contributed by atoms with Gasteiger partial charge in [-0.2, -0.15) is 5.26 Å². The van der Waals surface area contributed by atoms with Crippen LogP contribution in [-0.2, 0) is 51.2 Å². The monoisotopic (exact) mass is 875 g/mol. The van der Waals surface area contributed by atoms with Gasteiger partial charge in [0.05, 0.1) is 36.8 Å². The van der Waals surface area contributed by atoms with E-state index < -0.39 is 83.4 Å². The summed E-state index contributed by atoms with van der Waals surface area (Å²) < 4.78 is 65.0. The second-order valence-electron chi connectivity index (χ2n) is 15.3.